The summed E-state index contributed by atoms with van der Waals surface area (Å²) in [5, 5.41) is 0. The summed E-state index contributed by atoms with van der Waals surface area (Å²) in [6.45, 7) is 3.47. The Balaban J connectivity index is 1.70. The summed E-state index contributed by atoms with van der Waals surface area (Å²) in [5.74, 6) is 0.0296. The van der Waals surface area contributed by atoms with Crippen molar-refractivity contribution in [2.75, 3.05) is 24.2 Å². The van der Waals surface area contributed by atoms with Crippen LogP contribution < -0.4 is 4.90 Å². The van der Waals surface area contributed by atoms with Gasteiger partial charge in [0.05, 0.1) is 5.92 Å². The van der Waals surface area contributed by atoms with Crippen molar-refractivity contribution in [3.63, 3.8) is 0 Å². The summed E-state index contributed by atoms with van der Waals surface area (Å²) in [7, 11) is 0. The summed E-state index contributed by atoms with van der Waals surface area (Å²) < 4.78 is 0. The number of amides is 2. The van der Waals surface area contributed by atoms with Crippen LogP contribution in [0.3, 0.4) is 0 Å². The van der Waals surface area contributed by atoms with Gasteiger partial charge >= 0.3 is 0 Å². The fraction of sp³-hybridized carbons (Fsp3) is 0.556. The van der Waals surface area contributed by atoms with Gasteiger partial charge in [-0.2, -0.15) is 0 Å². The normalized spacial score (nSPS) is 25.0. The second-order valence-corrected chi connectivity index (χ2v) is 7.36. The SMILES string of the molecule is CSc1ccc(N2CC(C(=O)N3CCCCC3C)CC2=O)cc1. The molecule has 5 heteroatoms. The molecule has 2 saturated heterocycles. The number of rotatable bonds is 3. The van der Waals surface area contributed by atoms with Crippen molar-refractivity contribution in [2.24, 2.45) is 5.92 Å². The quantitative estimate of drug-likeness (QED) is 0.798. The highest BCUT2D eigenvalue weighted by Gasteiger charge is 2.38. The molecule has 3 rings (SSSR count). The predicted octanol–water partition coefficient (Wildman–Crippen LogP) is 3.16. The van der Waals surface area contributed by atoms with Crippen molar-refractivity contribution in [1.82, 2.24) is 4.90 Å². The number of piperidine rings is 1. The van der Waals surface area contributed by atoms with E-state index in [0.29, 0.717) is 19.0 Å². The summed E-state index contributed by atoms with van der Waals surface area (Å²) in [5.41, 5.74) is 0.898. The lowest BCUT2D eigenvalue weighted by Crippen LogP contribution is -2.45. The molecule has 23 heavy (non-hydrogen) atoms. The molecule has 0 aliphatic carbocycles. The lowest BCUT2D eigenvalue weighted by Gasteiger charge is -2.35. The predicted molar refractivity (Wildman–Crippen MR) is 93.7 cm³/mol. The Morgan fingerprint density at radius 2 is 1.96 bits per heavy atom. The second-order valence-electron chi connectivity index (χ2n) is 6.48. The number of hydrogen-bond acceptors (Lipinski definition) is 3. The van der Waals surface area contributed by atoms with Gasteiger partial charge in [0.15, 0.2) is 0 Å². The van der Waals surface area contributed by atoms with Crippen LogP contribution in [-0.2, 0) is 9.59 Å². The molecule has 0 saturated carbocycles. The number of nitrogens with zero attached hydrogens (tertiary/aromatic N) is 2. The lowest BCUT2D eigenvalue weighted by molar-refractivity contribution is -0.139. The van der Waals surface area contributed by atoms with Crippen LogP contribution in [-0.4, -0.2) is 42.1 Å². The van der Waals surface area contributed by atoms with Gasteiger partial charge in [0, 0.05) is 36.1 Å². The summed E-state index contributed by atoms with van der Waals surface area (Å²) in [4.78, 5) is 30.1. The molecule has 0 aromatic heterocycles. The number of thioether (sulfide) groups is 1. The van der Waals surface area contributed by atoms with Gasteiger partial charge in [-0.1, -0.05) is 0 Å². The molecular weight excluding hydrogens is 308 g/mol. The second kappa shape index (κ2) is 6.95. The number of likely N-dealkylation sites (tertiary alicyclic amines) is 1. The van der Waals surface area contributed by atoms with Crippen molar-refractivity contribution >= 4 is 29.3 Å². The Bertz CT molecular complexity index is 587. The van der Waals surface area contributed by atoms with Gasteiger partial charge in [-0.05, 0) is 56.7 Å². The molecule has 2 heterocycles. The zero-order valence-corrected chi connectivity index (χ0v) is 14.6. The van der Waals surface area contributed by atoms with Crippen molar-refractivity contribution in [2.45, 2.75) is 43.5 Å². The Morgan fingerprint density at radius 1 is 1.22 bits per heavy atom. The molecule has 2 fully saturated rings. The summed E-state index contributed by atoms with van der Waals surface area (Å²) in [6.07, 6.45) is 5.72. The lowest BCUT2D eigenvalue weighted by atomic mass is 9.99. The molecule has 1 aromatic rings. The van der Waals surface area contributed by atoms with E-state index in [1.165, 1.54) is 11.3 Å². The third-order valence-corrected chi connectivity index (χ3v) is 5.69. The fourth-order valence-electron chi connectivity index (χ4n) is 3.54. The van der Waals surface area contributed by atoms with E-state index in [1.807, 2.05) is 35.4 Å². The van der Waals surface area contributed by atoms with Crippen LogP contribution in [0.5, 0.6) is 0 Å². The molecule has 2 unspecified atom stereocenters. The molecule has 1 aromatic carbocycles. The smallest absolute Gasteiger partial charge is 0.228 e. The first-order valence-electron chi connectivity index (χ1n) is 8.35. The molecule has 2 amide bonds. The first kappa shape index (κ1) is 16.4. The van der Waals surface area contributed by atoms with Crippen LogP contribution in [0, 0.1) is 5.92 Å². The van der Waals surface area contributed by atoms with E-state index in [9.17, 15) is 9.59 Å². The maximum Gasteiger partial charge on any atom is 0.228 e. The van der Waals surface area contributed by atoms with E-state index < -0.39 is 0 Å². The average molecular weight is 332 g/mol. The van der Waals surface area contributed by atoms with E-state index in [-0.39, 0.29) is 17.7 Å². The third-order valence-electron chi connectivity index (χ3n) is 4.94. The zero-order valence-electron chi connectivity index (χ0n) is 13.8. The number of benzene rings is 1. The molecule has 2 aliphatic heterocycles. The first-order valence-corrected chi connectivity index (χ1v) is 9.57. The van der Waals surface area contributed by atoms with E-state index in [2.05, 4.69) is 6.92 Å². The minimum Gasteiger partial charge on any atom is -0.340 e. The first-order chi connectivity index (χ1) is 11.1. The van der Waals surface area contributed by atoms with E-state index in [4.69, 9.17) is 0 Å². The van der Waals surface area contributed by atoms with Crippen LogP contribution in [0.4, 0.5) is 5.69 Å². The van der Waals surface area contributed by atoms with E-state index >= 15 is 0 Å². The summed E-state index contributed by atoms with van der Waals surface area (Å²) >= 11 is 1.68. The van der Waals surface area contributed by atoms with Gasteiger partial charge in [0.2, 0.25) is 11.8 Å². The van der Waals surface area contributed by atoms with E-state index in [1.54, 1.807) is 16.7 Å². The van der Waals surface area contributed by atoms with Crippen molar-refractivity contribution < 1.29 is 9.59 Å². The molecule has 0 radical (unpaired) electrons. The molecule has 2 aliphatic rings. The minimum absolute atomic E-state index is 0.0601. The number of carbonyl (C=O) groups excluding carboxylic acids is 2. The molecule has 0 spiro atoms. The van der Waals surface area contributed by atoms with Crippen molar-refractivity contribution in [3.05, 3.63) is 24.3 Å². The van der Waals surface area contributed by atoms with Crippen LogP contribution >= 0.6 is 11.8 Å². The van der Waals surface area contributed by atoms with Gasteiger partial charge < -0.3 is 9.80 Å². The molecular formula is C18H24N2O2S. The van der Waals surface area contributed by atoms with Crippen LogP contribution in [0.15, 0.2) is 29.2 Å². The summed E-state index contributed by atoms with van der Waals surface area (Å²) in [6, 6.07) is 8.30. The molecule has 124 valence electrons. The van der Waals surface area contributed by atoms with Crippen molar-refractivity contribution in [3.8, 4) is 0 Å². The fourth-order valence-corrected chi connectivity index (χ4v) is 3.95. The van der Waals surface area contributed by atoms with Crippen LogP contribution in [0.25, 0.3) is 0 Å². The maximum atomic E-state index is 12.8. The Labute approximate surface area is 142 Å². The van der Waals surface area contributed by atoms with Crippen LogP contribution in [0.1, 0.15) is 32.6 Å². The Morgan fingerprint density at radius 3 is 2.61 bits per heavy atom. The molecule has 2 atom stereocenters. The topological polar surface area (TPSA) is 40.6 Å². The maximum absolute atomic E-state index is 12.8. The van der Waals surface area contributed by atoms with Gasteiger partial charge in [0.1, 0.15) is 0 Å². The highest BCUT2D eigenvalue weighted by Crippen LogP contribution is 2.29. The number of hydrogen-bond donors (Lipinski definition) is 0. The molecule has 0 N–H and O–H groups in total. The van der Waals surface area contributed by atoms with E-state index in [0.717, 1.165) is 25.1 Å². The Hall–Kier alpha value is -1.49. The van der Waals surface area contributed by atoms with Crippen molar-refractivity contribution in [1.29, 1.82) is 0 Å². The third kappa shape index (κ3) is 3.39. The van der Waals surface area contributed by atoms with Gasteiger partial charge in [-0.25, -0.2) is 0 Å². The standard InChI is InChI=1S/C18H24N2O2S/c1-13-5-3-4-10-19(13)18(22)14-11-17(21)20(12-14)15-6-8-16(23-2)9-7-15/h6-9,13-14H,3-5,10-12H2,1-2H3. The van der Waals surface area contributed by atoms with Gasteiger partial charge in [-0.3, -0.25) is 9.59 Å². The monoisotopic (exact) mass is 332 g/mol. The zero-order chi connectivity index (χ0) is 16.4. The van der Waals surface area contributed by atoms with Crippen LogP contribution in [0.2, 0.25) is 0 Å². The highest BCUT2D eigenvalue weighted by molar-refractivity contribution is 7.98. The highest BCUT2D eigenvalue weighted by atomic mass is 32.2. The van der Waals surface area contributed by atoms with Gasteiger partial charge in [-0.15, -0.1) is 11.8 Å². The largest absolute Gasteiger partial charge is 0.340 e. The Kier molecular flexibility index (Phi) is 4.95. The average Bonchev–Trinajstić information content (AvgIpc) is 2.96. The van der Waals surface area contributed by atoms with Gasteiger partial charge in [0.25, 0.3) is 0 Å². The molecule has 4 nitrogen and oxygen atoms in total. The number of anilines is 1. The molecule has 0 bridgehead atoms. The number of carbonyl (C=O) groups is 2. The minimum atomic E-state index is -0.191.